The van der Waals surface area contributed by atoms with Gasteiger partial charge in [0.15, 0.2) is 0 Å². The first kappa shape index (κ1) is 16.0. The van der Waals surface area contributed by atoms with E-state index in [2.05, 4.69) is 26.9 Å². The van der Waals surface area contributed by atoms with Crippen LogP contribution in [-0.2, 0) is 16.1 Å². The fraction of sp³-hybridized carbons (Fsp3) is 0.588. The first-order valence-electron chi connectivity index (χ1n) is 7.86. The van der Waals surface area contributed by atoms with Crippen LogP contribution in [0.4, 0.5) is 0 Å². The van der Waals surface area contributed by atoms with Crippen LogP contribution in [0.15, 0.2) is 22.7 Å². The van der Waals surface area contributed by atoms with Crippen molar-refractivity contribution in [2.24, 2.45) is 5.92 Å². The van der Waals surface area contributed by atoms with Gasteiger partial charge in [0, 0.05) is 35.9 Å². The van der Waals surface area contributed by atoms with Gasteiger partial charge in [-0.2, -0.15) is 0 Å². The fourth-order valence-electron chi connectivity index (χ4n) is 3.49. The number of halogens is 1. The van der Waals surface area contributed by atoms with Gasteiger partial charge in [-0.1, -0.05) is 15.9 Å². The molecule has 2 aliphatic rings. The third-order valence-corrected chi connectivity index (χ3v) is 5.50. The Labute approximate surface area is 139 Å². The summed E-state index contributed by atoms with van der Waals surface area (Å²) in [6, 6.07) is 6.24. The van der Waals surface area contributed by atoms with Crippen LogP contribution in [0.5, 0.6) is 5.75 Å². The van der Waals surface area contributed by atoms with Crippen molar-refractivity contribution in [1.29, 1.82) is 0 Å². The Morgan fingerprint density at radius 3 is 3.05 bits per heavy atom. The quantitative estimate of drug-likeness (QED) is 0.819. The molecular weight excluding hydrogens is 346 g/mol. The maximum Gasteiger partial charge on any atom is 0.137 e. The maximum absolute atomic E-state index is 12.1. The predicted molar refractivity (Wildman–Crippen MR) is 88.1 cm³/mol. The number of morpholine rings is 1. The zero-order valence-electron chi connectivity index (χ0n) is 12.9. The zero-order chi connectivity index (χ0) is 15.5. The van der Waals surface area contributed by atoms with Crippen molar-refractivity contribution in [3.8, 4) is 5.75 Å². The minimum Gasteiger partial charge on any atom is -0.497 e. The SMILES string of the molecule is COc1ccc(Br)c(CN2CCOC[C@H]2[C@@H]2CCCC2=O)c1. The first-order valence-corrected chi connectivity index (χ1v) is 8.65. The monoisotopic (exact) mass is 367 g/mol. The average Bonchev–Trinajstić information content (AvgIpc) is 2.96. The number of hydrogen-bond acceptors (Lipinski definition) is 4. The molecule has 2 atom stereocenters. The highest BCUT2D eigenvalue weighted by molar-refractivity contribution is 9.10. The van der Waals surface area contributed by atoms with Crippen molar-refractivity contribution in [3.63, 3.8) is 0 Å². The largest absolute Gasteiger partial charge is 0.497 e. The molecule has 0 aromatic heterocycles. The number of Topliss-reactive ketones (excluding diaryl/α,β-unsaturated/α-hetero) is 1. The third kappa shape index (κ3) is 3.36. The van der Waals surface area contributed by atoms with Crippen molar-refractivity contribution in [1.82, 2.24) is 4.90 Å². The van der Waals surface area contributed by atoms with Crippen molar-refractivity contribution >= 4 is 21.7 Å². The second-order valence-electron chi connectivity index (χ2n) is 6.04. The second kappa shape index (κ2) is 7.11. The number of ketones is 1. The number of carbonyl (C=O) groups excluding carboxylic acids is 1. The van der Waals surface area contributed by atoms with E-state index in [4.69, 9.17) is 9.47 Å². The van der Waals surface area contributed by atoms with Crippen LogP contribution in [0.1, 0.15) is 24.8 Å². The van der Waals surface area contributed by atoms with Crippen LogP contribution in [0.3, 0.4) is 0 Å². The van der Waals surface area contributed by atoms with Gasteiger partial charge in [-0.25, -0.2) is 0 Å². The Morgan fingerprint density at radius 1 is 1.45 bits per heavy atom. The molecule has 0 spiro atoms. The molecule has 1 aromatic carbocycles. The molecule has 0 amide bonds. The Hall–Kier alpha value is -0.910. The van der Waals surface area contributed by atoms with Gasteiger partial charge in [-0.15, -0.1) is 0 Å². The van der Waals surface area contributed by atoms with Gasteiger partial charge in [0.05, 0.1) is 20.3 Å². The van der Waals surface area contributed by atoms with Gasteiger partial charge in [-0.05, 0) is 36.6 Å². The van der Waals surface area contributed by atoms with E-state index < -0.39 is 0 Å². The van der Waals surface area contributed by atoms with Crippen LogP contribution in [-0.4, -0.2) is 43.6 Å². The molecular formula is C17H22BrNO3. The fourth-order valence-corrected chi connectivity index (χ4v) is 3.86. The minimum atomic E-state index is 0.143. The number of nitrogens with zero attached hydrogens (tertiary/aromatic N) is 1. The van der Waals surface area contributed by atoms with Crippen LogP contribution >= 0.6 is 15.9 Å². The van der Waals surface area contributed by atoms with Crippen LogP contribution < -0.4 is 4.74 Å². The molecule has 0 radical (unpaired) electrons. The number of carbonyl (C=O) groups is 1. The summed E-state index contributed by atoms with van der Waals surface area (Å²) in [6.07, 6.45) is 2.76. The van der Waals surface area contributed by atoms with E-state index in [1.807, 2.05) is 12.1 Å². The molecule has 1 aliphatic heterocycles. The average molecular weight is 368 g/mol. The summed E-state index contributed by atoms with van der Waals surface area (Å²) in [6.45, 7) is 3.09. The number of hydrogen-bond donors (Lipinski definition) is 0. The Balaban J connectivity index is 1.78. The van der Waals surface area contributed by atoms with E-state index in [-0.39, 0.29) is 12.0 Å². The highest BCUT2D eigenvalue weighted by Gasteiger charge is 2.37. The van der Waals surface area contributed by atoms with Gasteiger partial charge in [-0.3, -0.25) is 9.69 Å². The molecule has 1 aromatic rings. The maximum atomic E-state index is 12.1. The van der Waals surface area contributed by atoms with Gasteiger partial charge in [0.2, 0.25) is 0 Å². The lowest BCUT2D eigenvalue weighted by molar-refractivity contribution is -0.125. The van der Waals surface area contributed by atoms with E-state index >= 15 is 0 Å². The van der Waals surface area contributed by atoms with Gasteiger partial charge in [0.1, 0.15) is 11.5 Å². The molecule has 120 valence electrons. The lowest BCUT2D eigenvalue weighted by Crippen LogP contribution is -2.49. The van der Waals surface area contributed by atoms with Crippen LogP contribution in [0.2, 0.25) is 0 Å². The summed E-state index contributed by atoms with van der Waals surface area (Å²) < 4.78 is 12.1. The summed E-state index contributed by atoms with van der Waals surface area (Å²) in [5.74, 6) is 1.41. The Kier molecular flexibility index (Phi) is 5.16. The Bertz CT molecular complexity index is 549. The summed E-state index contributed by atoms with van der Waals surface area (Å²) in [4.78, 5) is 14.5. The van der Waals surface area contributed by atoms with Gasteiger partial charge >= 0.3 is 0 Å². The molecule has 4 nitrogen and oxygen atoms in total. The van der Waals surface area contributed by atoms with Gasteiger partial charge < -0.3 is 9.47 Å². The van der Waals surface area contributed by atoms with Crippen molar-refractivity contribution in [3.05, 3.63) is 28.2 Å². The van der Waals surface area contributed by atoms with Crippen molar-refractivity contribution in [2.75, 3.05) is 26.9 Å². The molecule has 5 heteroatoms. The van der Waals surface area contributed by atoms with Crippen LogP contribution in [0, 0.1) is 5.92 Å². The zero-order valence-corrected chi connectivity index (χ0v) is 14.5. The highest BCUT2D eigenvalue weighted by Crippen LogP contribution is 2.31. The predicted octanol–water partition coefficient (Wildman–Crippen LogP) is 3.03. The molecule has 3 rings (SSSR count). The minimum absolute atomic E-state index is 0.143. The lowest BCUT2D eigenvalue weighted by Gasteiger charge is -2.38. The standard InChI is InChI=1S/C17H22BrNO3/c1-21-13-5-6-15(18)12(9-13)10-19-7-8-22-11-16(19)14-3-2-4-17(14)20/h5-6,9,14,16H,2-4,7-8,10-11H2,1H3/t14-,16-/m0/s1. The molecule has 0 bridgehead atoms. The summed E-state index contributed by atoms with van der Waals surface area (Å²) in [7, 11) is 1.68. The van der Waals surface area contributed by atoms with Crippen molar-refractivity contribution in [2.45, 2.75) is 31.8 Å². The molecule has 2 fully saturated rings. The lowest BCUT2D eigenvalue weighted by atomic mass is 9.95. The molecule has 0 unspecified atom stereocenters. The van der Waals surface area contributed by atoms with E-state index in [1.54, 1.807) is 7.11 Å². The summed E-state index contributed by atoms with van der Waals surface area (Å²) in [5.41, 5.74) is 1.19. The Morgan fingerprint density at radius 2 is 2.32 bits per heavy atom. The van der Waals surface area contributed by atoms with E-state index in [1.165, 1.54) is 5.56 Å². The smallest absolute Gasteiger partial charge is 0.137 e. The second-order valence-corrected chi connectivity index (χ2v) is 6.89. The third-order valence-electron chi connectivity index (χ3n) is 4.72. The summed E-state index contributed by atoms with van der Waals surface area (Å²) in [5, 5.41) is 0. The van der Waals surface area contributed by atoms with E-state index in [0.717, 1.165) is 49.2 Å². The molecule has 1 saturated heterocycles. The van der Waals surface area contributed by atoms with E-state index in [9.17, 15) is 4.79 Å². The number of methoxy groups -OCH3 is 1. The number of benzene rings is 1. The van der Waals surface area contributed by atoms with Crippen LogP contribution in [0.25, 0.3) is 0 Å². The normalized spacial score (nSPS) is 26.4. The van der Waals surface area contributed by atoms with Crippen molar-refractivity contribution < 1.29 is 14.3 Å². The van der Waals surface area contributed by atoms with E-state index in [0.29, 0.717) is 12.4 Å². The molecule has 22 heavy (non-hydrogen) atoms. The first-order chi connectivity index (χ1) is 10.7. The number of rotatable bonds is 4. The molecule has 1 saturated carbocycles. The highest BCUT2D eigenvalue weighted by atomic mass is 79.9. The number of ether oxygens (including phenoxy) is 2. The molecule has 1 heterocycles. The molecule has 0 N–H and O–H groups in total. The molecule has 1 aliphatic carbocycles. The summed E-state index contributed by atoms with van der Waals surface area (Å²) >= 11 is 3.62. The van der Waals surface area contributed by atoms with Gasteiger partial charge in [0.25, 0.3) is 0 Å². The topological polar surface area (TPSA) is 38.8 Å².